The molecule has 0 saturated carbocycles. The van der Waals surface area contributed by atoms with Crippen molar-refractivity contribution in [2.75, 3.05) is 0 Å². The van der Waals surface area contributed by atoms with Crippen LogP contribution < -0.4 is 0 Å². The van der Waals surface area contributed by atoms with Gasteiger partial charge in [0, 0.05) is 8.95 Å². The number of hydrogen-bond donors (Lipinski definition) is 1. The first-order valence-electron chi connectivity index (χ1n) is 3.74. The molecule has 2 aromatic rings. The summed E-state index contributed by atoms with van der Waals surface area (Å²) >= 11 is 6.80. The molecule has 0 bridgehead atoms. The van der Waals surface area contributed by atoms with Crippen LogP contribution in [0, 0.1) is 0 Å². The molecule has 2 rings (SSSR count). The van der Waals surface area contributed by atoms with E-state index in [0.29, 0.717) is 0 Å². The van der Waals surface area contributed by atoms with Crippen molar-refractivity contribution in [1.29, 1.82) is 0 Å². The van der Waals surface area contributed by atoms with Crippen molar-refractivity contribution in [1.82, 2.24) is 0 Å². The Morgan fingerprint density at radius 1 is 1.00 bits per heavy atom. The highest BCUT2D eigenvalue weighted by atomic mass is 79.9. The molecule has 2 aromatic carbocycles. The van der Waals surface area contributed by atoms with E-state index < -0.39 is 0 Å². The molecule has 66 valence electrons. The number of fused-ring (bicyclic) bond motifs is 1. The Morgan fingerprint density at radius 3 is 2.54 bits per heavy atom. The summed E-state index contributed by atoms with van der Waals surface area (Å²) < 4.78 is 1.94. The van der Waals surface area contributed by atoms with Crippen molar-refractivity contribution in [2.24, 2.45) is 0 Å². The van der Waals surface area contributed by atoms with Gasteiger partial charge in [-0.05, 0) is 35.0 Å². The SMILES string of the molecule is Oc1cc(Br)c2cc(Br)ccc2c1. The number of hydrogen-bond acceptors (Lipinski definition) is 1. The van der Waals surface area contributed by atoms with Gasteiger partial charge in [0.05, 0.1) is 0 Å². The second kappa shape index (κ2) is 3.31. The van der Waals surface area contributed by atoms with Crippen molar-refractivity contribution in [3.63, 3.8) is 0 Å². The zero-order chi connectivity index (χ0) is 9.42. The highest BCUT2D eigenvalue weighted by Gasteiger charge is 2.01. The molecule has 3 heteroatoms. The van der Waals surface area contributed by atoms with Crippen LogP contribution in [-0.2, 0) is 0 Å². The van der Waals surface area contributed by atoms with Crippen molar-refractivity contribution < 1.29 is 5.11 Å². The Balaban J connectivity index is 2.87. The van der Waals surface area contributed by atoms with E-state index >= 15 is 0 Å². The van der Waals surface area contributed by atoms with Crippen LogP contribution in [0.3, 0.4) is 0 Å². The molecule has 0 aromatic heterocycles. The lowest BCUT2D eigenvalue weighted by molar-refractivity contribution is 0.476. The number of rotatable bonds is 0. The maximum absolute atomic E-state index is 9.34. The normalized spacial score (nSPS) is 10.6. The summed E-state index contributed by atoms with van der Waals surface area (Å²) in [6, 6.07) is 9.36. The van der Waals surface area contributed by atoms with E-state index in [-0.39, 0.29) is 5.75 Å². The van der Waals surface area contributed by atoms with E-state index in [1.165, 1.54) is 0 Å². The number of benzene rings is 2. The molecule has 0 radical (unpaired) electrons. The van der Waals surface area contributed by atoms with Crippen LogP contribution in [0.1, 0.15) is 0 Å². The topological polar surface area (TPSA) is 20.2 Å². The van der Waals surface area contributed by atoms with E-state index in [0.717, 1.165) is 19.7 Å². The Hall–Kier alpha value is -0.540. The van der Waals surface area contributed by atoms with E-state index in [9.17, 15) is 5.11 Å². The third-order valence-electron chi connectivity index (χ3n) is 1.85. The average molecular weight is 302 g/mol. The fourth-order valence-electron chi connectivity index (χ4n) is 1.27. The molecule has 1 nitrogen and oxygen atoms in total. The van der Waals surface area contributed by atoms with Crippen molar-refractivity contribution in [3.8, 4) is 5.75 Å². The zero-order valence-corrected chi connectivity index (χ0v) is 9.76. The smallest absolute Gasteiger partial charge is 0.117 e. The summed E-state index contributed by atoms with van der Waals surface area (Å²) in [5.74, 6) is 0.279. The summed E-state index contributed by atoms with van der Waals surface area (Å²) in [6.07, 6.45) is 0. The van der Waals surface area contributed by atoms with E-state index in [1.54, 1.807) is 12.1 Å². The van der Waals surface area contributed by atoms with Gasteiger partial charge < -0.3 is 5.11 Å². The van der Waals surface area contributed by atoms with Gasteiger partial charge in [-0.1, -0.05) is 37.9 Å². The van der Waals surface area contributed by atoms with E-state index in [1.807, 2.05) is 18.2 Å². The monoisotopic (exact) mass is 300 g/mol. The molecule has 0 unspecified atom stereocenters. The second-order valence-electron chi connectivity index (χ2n) is 2.79. The number of phenols is 1. The molecule has 0 aliphatic heterocycles. The van der Waals surface area contributed by atoms with Crippen molar-refractivity contribution in [3.05, 3.63) is 39.3 Å². The van der Waals surface area contributed by atoms with Gasteiger partial charge in [-0.15, -0.1) is 0 Å². The molecule has 0 spiro atoms. The summed E-state index contributed by atoms with van der Waals surface area (Å²) in [5.41, 5.74) is 0. The van der Waals surface area contributed by atoms with Gasteiger partial charge in [0.1, 0.15) is 5.75 Å². The fourth-order valence-corrected chi connectivity index (χ4v) is 2.21. The van der Waals surface area contributed by atoms with Gasteiger partial charge in [-0.2, -0.15) is 0 Å². The first kappa shape index (κ1) is 9.03. The summed E-state index contributed by atoms with van der Waals surface area (Å²) in [6.45, 7) is 0. The van der Waals surface area contributed by atoms with Gasteiger partial charge in [0.25, 0.3) is 0 Å². The van der Waals surface area contributed by atoms with Crippen LogP contribution >= 0.6 is 31.9 Å². The number of aromatic hydroxyl groups is 1. The lowest BCUT2D eigenvalue weighted by Gasteiger charge is -2.02. The largest absolute Gasteiger partial charge is 0.508 e. The van der Waals surface area contributed by atoms with Gasteiger partial charge in [0.2, 0.25) is 0 Å². The Morgan fingerprint density at radius 2 is 1.77 bits per heavy atom. The molecule has 0 aliphatic carbocycles. The predicted octanol–water partition coefficient (Wildman–Crippen LogP) is 4.07. The molecular weight excluding hydrogens is 296 g/mol. The second-order valence-corrected chi connectivity index (χ2v) is 4.56. The quantitative estimate of drug-likeness (QED) is 0.778. The molecule has 0 aliphatic rings. The molecule has 0 amide bonds. The molecule has 0 atom stereocenters. The minimum absolute atomic E-state index is 0.279. The number of phenolic OH excluding ortho intramolecular Hbond substituents is 1. The molecule has 1 N–H and O–H groups in total. The van der Waals surface area contributed by atoms with Crippen molar-refractivity contribution in [2.45, 2.75) is 0 Å². The highest BCUT2D eigenvalue weighted by molar-refractivity contribution is 9.11. The van der Waals surface area contributed by atoms with Crippen LogP contribution in [-0.4, -0.2) is 5.11 Å². The Labute approximate surface area is 92.6 Å². The molecular formula is C10H6Br2O. The van der Waals surface area contributed by atoms with Crippen LogP contribution in [0.5, 0.6) is 5.75 Å². The van der Waals surface area contributed by atoms with Crippen LogP contribution in [0.15, 0.2) is 39.3 Å². The van der Waals surface area contributed by atoms with Crippen LogP contribution in [0.25, 0.3) is 10.8 Å². The first-order valence-corrected chi connectivity index (χ1v) is 5.33. The minimum atomic E-state index is 0.279. The first-order chi connectivity index (χ1) is 6.16. The predicted molar refractivity (Wildman–Crippen MR) is 61.0 cm³/mol. The molecule has 0 saturated heterocycles. The van der Waals surface area contributed by atoms with E-state index in [2.05, 4.69) is 31.9 Å². The Kier molecular flexibility index (Phi) is 2.30. The number of halogens is 2. The summed E-state index contributed by atoms with van der Waals surface area (Å²) in [4.78, 5) is 0. The van der Waals surface area contributed by atoms with Gasteiger partial charge >= 0.3 is 0 Å². The van der Waals surface area contributed by atoms with Crippen molar-refractivity contribution >= 4 is 42.6 Å². The molecule has 13 heavy (non-hydrogen) atoms. The standard InChI is InChI=1S/C10H6Br2O/c11-7-2-1-6-3-8(13)5-10(12)9(6)4-7/h1-5,13H. The average Bonchev–Trinajstić information content (AvgIpc) is 2.06. The summed E-state index contributed by atoms with van der Waals surface area (Å²) in [5, 5.41) is 11.5. The molecule has 0 heterocycles. The van der Waals surface area contributed by atoms with Gasteiger partial charge in [-0.25, -0.2) is 0 Å². The Bertz CT molecular complexity index is 466. The third-order valence-corrected chi connectivity index (χ3v) is 3.00. The minimum Gasteiger partial charge on any atom is -0.508 e. The highest BCUT2D eigenvalue weighted by Crippen LogP contribution is 2.30. The zero-order valence-electron chi connectivity index (χ0n) is 6.59. The van der Waals surface area contributed by atoms with Gasteiger partial charge in [0.15, 0.2) is 0 Å². The summed E-state index contributed by atoms with van der Waals surface area (Å²) in [7, 11) is 0. The third kappa shape index (κ3) is 1.71. The van der Waals surface area contributed by atoms with Crippen LogP contribution in [0.4, 0.5) is 0 Å². The molecule has 0 fully saturated rings. The maximum atomic E-state index is 9.34. The lowest BCUT2D eigenvalue weighted by atomic mass is 10.1. The van der Waals surface area contributed by atoms with Crippen LogP contribution in [0.2, 0.25) is 0 Å². The lowest BCUT2D eigenvalue weighted by Crippen LogP contribution is -1.75. The van der Waals surface area contributed by atoms with E-state index in [4.69, 9.17) is 0 Å². The maximum Gasteiger partial charge on any atom is 0.117 e. The fraction of sp³-hybridized carbons (Fsp3) is 0. The van der Waals surface area contributed by atoms with Gasteiger partial charge in [-0.3, -0.25) is 0 Å².